The maximum atomic E-state index is 11.9. The number of hydrogen-bond acceptors (Lipinski definition) is 4. The van der Waals surface area contributed by atoms with Crippen LogP contribution in [0.15, 0.2) is 30.3 Å². The Morgan fingerprint density at radius 2 is 2.00 bits per heavy atom. The number of hydrogen-bond donors (Lipinski definition) is 3. The van der Waals surface area contributed by atoms with Crippen molar-refractivity contribution in [1.29, 1.82) is 0 Å². The van der Waals surface area contributed by atoms with Crippen LogP contribution in [0.1, 0.15) is 23.1 Å². The van der Waals surface area contributed by atoms with Crippen LogP contribution in [-0.2, 0) is 7.05 Å². The number of anilines is 1. The summed E-state index contributed by atoms with van der Waals surface area (Å²) in [5.74, 6) is 0.431. The molecule has 122 valence electrons. The SMILES string of the molecule is CCOc1ccc(NC(=S)NNC(=O)c2cc(C)n(C)n2)cc1. The van der Waals surface area contributed by atoms with Crippen LogP contribution in [0.2, 0.25) is 0 Å². The molecule has 0 saturated heterocycles. The van der Waals surface area contributed by atoms with E-state index in [4.69, 9.17) is 17.0 Å². The average molecular weight is 333 g/mol. The zero-order chi connectivity index (χ0) is 16.8. The average Bonchev–Trinajstić information content (AvgIpc) is 2.87. The number of nitrogens with one attached hydrogen (secondary N) is 3. The third-order valence-electron chi connectivity index (χ3n) is 3.06. The van der Waals surface area contributed by atoms with E-state index in [0.29, 0.717) is 12.3 Å². The summed E-state index contributed by atoms with van der Waals surface area (Å²) in [6.07, 6.45) is 0. The first kappa shape index (κ1) is 16.8. The van der Waals surface area contributed by atoms with Crippen LogP contribution < -0.4 is 20.9 Å². The molecule has 0 radical (unpaired) electrons. The van der Waals surface area contributed by atoms with Gasteiger partial charge in [0, 0.05) is 18.4 Å². The third-order valence-corrected chi connectivity index (χ3v) is 3.26. The van der Waals surface area contributed by atoms with Crippen molar-refractivity contribution in [2.24, 2.45) is 7.05 Å². The normalized spacial score (nSPS) is 10.0. The number of carbonyl (C=O) groups excluding carboxylic acids is 1. The molecule has 8 heteroatoms. The number of aryl methyl sites for hydroxylation is 2. The lowest BCUT2D eigenvalue weighted by Crippen LogP contribution is -2.43. The van der Waals surface area contributed by atoms with E-state index < -0.39 is 0 Å². The topological polar surface area (TPSA) is 80.2 Å². The summed E-state index contributed by atoms with van der Waals surface area (Å²) in [7, 11) is 1.78. The van der Waals surface area contributed by atoms with Gasteiger partial charge in [0.05, 0.1) is 6.61 Å². The Balaban J connectivity index is 1.83. The molecule has 0 saturated carbocycles. The van der Waals surface area contributed by atoms with Gasteiger partial charge >= 0.3 is 0 Å². The Bertz CT molecular complexity index is 677. The fraction of sp³-hybridized carbons (Fsp3) is 0.267. The molecule has 1 heterocycles. The highest BCUT2D eigenvalue weighted by Crippen LogP contribution is 2.15. The molecule has 0 aliphatic carbocycles. The van der Waals surface area contributed by atoms with Gasteiger partial charge in [-0.1, -0.05) is 0 Å². The van der Waals surface area contributed by atoms with Crippen LogP contribution in [-0.4, -0.2) is 27.4 Å². The van der Waals surface area contributed by atoms with E-state index in [9.17, 15) is 4.79 Å². The maximum absolute atomic E-state index is 11.9. The second-order valence-electron chi connectivity index (χ2n) is 4.79. The van der Waals surface area contributed by atoms with Gasteiger partial charge in [-0.05, 0) is 56.4 Å². The van der Waals surface area contributed by atoms with Gasteiger partial charge in [-0.25, -0.2) is 0 Å². The number of carbonyl (C=O) groups is 1. The van der Waals surface area contributed by atoms with Crippen LogP contribution in [0.5, 0.6) is 5.75 Å². The molecule has 0 spiro atoms. The number of rotatable bonds is 4. The number of amides is 1. The molecular weight excluding hydrogens is 314 g/mol. The first-order valence-electron chi connectivity index (χ1n) is 7.10. The summed E-state index contributed by atoms with van der Waals surface area (Å²) in [6, 6.07) is 9.04. The molecule has 0 aliphatic rings. The van der Waals surface area contributed by atoms with E-state index in [1.807, 2.05) is 38.1 Å². The minimum Gasteiger partial charge on any atom is -0.494 e. The van der Waals surface area contributed by atoms with E-state index in [1.54, 1.807) is 17.8 Å². The monoisotopic (exact) mass is 333 g/mol. The lowest BCUT2D eigenvalue weighted by molar-refractivity contribution is 0.0938. The van der Waals surface area contributed by atoms with Gasteiger partial charge in [0.1, 0.15) is 5.75 Å². The number of aromatic nitrogens is 2. The molecular formula is C15H19N5O2S. The van der Waals surface area contributed by atoms with Gasteiger partial charge in [0.15, 0.2) is 10.8 Å². The Labute approximate surface area is 140 Å². The Hall–Kier alpha value is -2.61. The molecule has 0 aliphatic heterocycles. The zero-order valence-electron chi connectivity index (χ0n) is 13.2. The maximum Gasteiger partial charge on any atom is 0.290 e. The van der Waals surface area contributed by atoms with Crippen LogP contribution >= 0.6 is 12.2 Å². The summed E-state index contributed by atoms with van der Waals surface area (Å²) in [4.78, 5) is 11.9. The quantitative estimate of drug-likeness (QED) is 0.584. The molecule has 0 unspecified atom stereocenters. The number of benzene rings is 1. The first-order chi connectivity index (χ1) is 11.0. The lowest BCUT2D eigenvalue weighted by atomic mass is 10.3. The lowest BCUT2D eigenvalue weighted by Gasteiger charge is -2.11. The number of hydrazine groups is 1. The summed E-state index contributed by atoms with van der Waals surface area (Å²) in [5, 5.41) is 7.32. The van der Waals surface area contributed by atoms with Crippen molar-refractivity contribution < 1.29 is 9.53 Å². The van der Waals surface area contributed by atoms with Crippen molar-refractivity contribution in [2.45, 2.75) is 13.8 Å². The molecule has 2 rings (SSSR count). The van der Waals surface area contributed by atoms with E-state index in [-0.39, 0.29) is 11.0 Å². The fourth-order valence-electron chi connectivity index (χ4n) is 1.81. The first-order valence-corrected chi connectivity index (χ1v) is 7.51. The molecule has 1 aromatic heterocycles. The Kier molecular flexibility index (Phi) is 5.53. The minimum absolute atomic E-state index is 0.273. The van der Waals surface area contributed by atoms with E-state index in [0.717, 1.165) is 17.1 Å². The van der Waals surface area contributed by atoms with Gasteiger partial charge in [-0.3, -0.25) is 20.3 Å². The van der Waals surface area contributed by atoms with Crippen molar-refractivity contribution >= 4 is 28.9 Å². The second kappa shape index (κ2) is 7.59. The van der Waals surface area contributed by atoms with Crippen LogP contribution in [0.4, 0.5) is 5.69 Å². The molecule has 3 N–H and O–H groups in total. The zero-order valence-corrected chi connectivity index (χ0v) is 14.0. The molecule has 1 amide bonds. The van der Waals surface area contributed by atoms with E-state index in [2.05, 4.69) is 21.3 Å². The van der Waals surface area contributed by atoms with Gasteiger partial charge in [-0.15, -0.1) is 0 Å². The molecule has 0 bridgehead atoms. The largest absolute Gasteiger partial charge is 0.494 e. The molecule has 7 nitrogen and oxygen atoms in total. The molecule has 0 atom stereocenters. The molecule has 23 heavy (non-hydrogen) atoms. The number of thiocarbonyl (C=S) groups is 1. The summed E-state index contributed by atoms with van der Waals surface area (Å²) in [5.41, 5.74) is 7.14. The van der Waals surface area contributed by atoms with Gasteiger partial charge in [0.2, 0.25) is 0 Å². The van der Waals surface area contributed by atoms with Crippen molar-refractivity contribution in [2.75, 3.05) is 11.9 Å². The van der Waals surface area contributed by atoms with Crippen molar-refractivity contribution in [3.05, 3.63) is 41.7 Å². The van der Waals surface area contributed by atoms with Crippen molar-refractivity contribution in [3.8, 4) is 5.75 Å². The van der Waals surface area contributed by atoms with E-state index in [1.165, 1.54) is 0 Å². The smallest absolute Gasteiger partial charge is 0.290 e. The van der Waals surface area contributed by atoms with Crippen molar-refractivity contribution in [1.82, 2.24) is 20.6 Å². The standard InChI is InChI=1S/C15H19N5O2S/c1-4-22-12-7-5-11(6-8-12)16-15(23)18-17-14(21)13-9-10(2)20(3)19-13/h5-9H,4H2,1-3H3,(H,17,21)(H2,16,18,23). The second-order valence-corrected chi connectivity index (χ2v) is 5.19. The summed E-state index contributed by atoms with van der Waals surface area (Å²) in [6.45, 7) is 4.41. The third kappa shape index (κ3) is 4.68. The Morgan fingerprint density at radius 3 is 2.57 bits per heavy atom. The number of nitrogens with zero attached hydrogens (tertiary/aromatic N) is 2. The predicted octanol–water partition coefficient (Wildman–Crippen LogP) is 1.76. The summed E-state index contributed by atoms with van der Waals surface area (Å²) >= 11 is 5.13. The van der Waals surface area contributed by atoms with Gasteiger partial charge in [-0.2, -0.15) is 5.10 Å². The van der Waals surface area contributed by atoms with Crippen LogP contribution in [0.25, 0.3) is 0 Å². The molecule has 2 aromatic rings. The minimum atomic E-state index is -0.357. The number of ether oxygens (including phenoxy) is 1. The fourth-order valence-corrected chi connectivity index (χ4v) is 1.98. The van der Waals surface area contributed by atoms with Gasteiger partial charge in [0.25, 0.3) is 5.91 Å². The predicted molar refractivity (Wildman–Crippen MR) is 92.4 cm³/mol. The highest BCUT2D eigenvalue weighted by molar-refractivity contribution is 7.80. The Morgan fingerprint density at radius 1 is 1.30 bits per heavy atom. The van der Waals surface area contributed by atoms with Crippen molar-refractivity contribution in [3.63, 3.8) is 0 Å². The highest BCUT2D eigenvalue weighted by atomic mass is 32.1. The van der Waals surface area contributed by atoms with Crippen LogP contribution in [0, 0.1) is 6.92 Å². The van der Waals surface area contributed by atoms with Gasteiger partial charge < -0.3 is 10.1 Å². The molecule has 0 fully saturated rings. The van der Waals surface area contributed by atoms with Crippen LogP contribution in [0.3, 0.4) is 0 Å². The summed E-state index contributed by atoms with van der Waals surface area (Å²) < 4.78 is 6.99. The molecule has 1 aromatic carbocycles. The van der Waals surface area contributed by atoms with E-state index >= 15 is 0 Å². The highest BCUT2D eigenvalue weighted by Gasteiger charge is 2.10.